The molecule has 0 saturated carbocycles. The molecular weight excluding hydrogens is 169 g/mol. The predicted octanol–water partition coefficient (Wildman–Crippen LogP) is 2.74. The average Bonchev–Trinajstić information content (AvgIpc) is 2.08. The maximum Gasteiger partial charge on any atom is 0.145 e. The highest BCUT2D eigenvalue weighted by Gasteiger charge is 1.99. The van der Waals surface area contributed by atoms with E-state index in [-0.39, 0.29) is 12.4 Å². The molecule has 0 atom stereocenters. The Hall–Kier alpha value is -1.38. The number of hydrogen-bond donors (Lipinski definition) is 0. The molecule has 0 bridgehead atoms. The molecule has 0 spiro atoms. The summed E-state index contributed by atoms with van der Waals surface area (Å²) in [5, 5.41) is 3.71. The largest absolute Gasteiger partial charge is 0.391 e. The summed E-state index contributed by atoms with van der Waals surface area (Å²) in [6.07, 6.45) is 0. The lowest BCUT2D eigenvalue weighted by molar-refractivity contribution is 0.127. The van der Waals surface area contributed by atoms with Crippen molar-refractivity contribution in [1.29, 1.82) is 0 Å². The monoisotopic (exact) mass is 181 g/mol. The Balaban J connectivity index is 2.55. The van der Waals surface area contributed by atoms with Crippen LogP contribution < -0.4 is 0 Å². The molecule has 70 valence electrons. The van der Waals surface area contributed by atoms with Crippen molar-refractivity contribution in [3.8, 4) is 0 Å². The second-order valence-electron chi connectivity index (χ2n) is 2.90. The van der Waals surface area contributed by atoms with Crippen LogP contribution in [0.1, 0.15) is 19.4 Å². The molecule has 13 heavy (non-hydrogen) atoms. The van der Waals surface area contributed by atoms with E-state index in [0.717, 1.165) is 5.71 Å². The second kappa shape index (κ2) is 4.60. The molecular formula is C10H12FNO. The van der Waals surface area contributed by atoms with Gasteiger partial charge in [0, 0.05) is 5.56 Å². The summed E-state index contributed by atoms with van der Waals surface area (Å²) < 4.78 is 13.0. The van der Waals surface area contributed by atoms with Gasteiger partial charge in [0.05, 0.1) is 5.71 Å². The predicted molar refractivity (Wildman–Crippen MR) is 50.0 cm³/mol. The number of benzene rings is 1. The fourth-order valence-electron chi connectivity index (χ4n) is 0.846. The molecule has 1 rings (SSSR count). The Morgan fingerprint density at radius 1 is 1.38 bits per heavy atom. The van der Waals surface area contributed by atoms with Crippen LogP contribution in [0.15, 0.2) is 29.4 Å². The van der Waals surface area contributed by atoms with Gasteiger partial charge in [-0.1, -0.05) is 23.4 Å². The van der Waals surface area contributed by atoms with E-state index in [4.69, 9.17) is 4.84 Å². The smallest absolute Gasteiger partial charge is 0.145 e. The van der Waals surface area contributed by atoms with Crippen LogP contribution in [0.3, 0.4) is 0 Å². The first-order chi connectivity index (χ1) is 6.20. The molecule has 1 aromatic carbocycles. The molecule has 0 aromatic heterocycles. The van der Waals surface area contributed by atoms with E-state index in [1.54, 1.807) is 18.2 Å². The van der Waals surface area contributed by atoms with Crippen molar-refractivity contribution in [2.24, 2.45) is 5.16 Å². The van der Waals surface area contributed by atoms with E-state index >= 15 is 0 Å². The van der Waals surface area contributed by atoms with Gasteiger partial charge in [0.2, 0.25) is 0 Å². The highest BCUT2D eigenvalue weighted by Crippen LogP contribution is 2.07. The third-order valence-corrected chi connectivity index (χ3v) is 1.43. The molecule has 0 amide bonds. The fraction of sp³-hybridized carbons (Fsp3) is 0.300. The molecule has 0 aliphatic heterocycles. The molecule has 2 nitrogen and oxygen atoms in total. The first kappa shape index (κ1) is 9.71. The van der Waals surface area contributed by atoms with Crippen molar-refractivity contribution >= 4 is 5.71 Å². The third kappa shape index (κ3) is 3.23. The standard InChI is InChI=1S/C10H12FNO/c1-8(2)12-13-7-9-5-3-4-6-10(9)11/h3-6H,7H2,1-2H3. The van der Waals surface area contributed by atoms with Crippen molar-refractivity contribution < 1.29 is 9.23 Å². The van der Waals surface area contributed by atoms with Gasteiger partial charge in [-0.05, 0) is 19.9 Å². The maximum absolute atomic E-state index is 13.0. The zero-order chi connectivity index (χ0) is 9.68. The minimum absolute atomic E-state index is 0.178. The Morgan fingerprint density at radius 2 is 2.08 bits per heavy atom. The van der Waals surface area contributed by atoms with Crippen LogP contribution in [0, 0.1) is 5.82 Å². The highest BCUT2D eigenvalue weighted by atomic mass is 19.1. The number of hydrogen-bond acceptors (Lipinski definition) is 2. The molecule has 0 aliphatic rings. The average molecular weight is 181 g/mol. The zero-order valence-corrected chi connectivity index (χ0v) is 7.75. The van der Waals surface area contributed by atoms with Crippen LogP contribution in [0.2, 0.25) is 0 Å². The van der Waals surface area contributed by atoms with E-state index in [1.807, 2.05) is 13.8 Å². The van der Waals surface area contributed by atoms with Crippen molar-refractivity contribution in [3.63, 3.8) is 0 Å². The summed E-state index contributed by atoms with van der Waals surface area (Å²) in [5.74, 6) is -0.258. The van der Waals surface area contributed by atoms with Gasteiger partial charge in [-0.2, -0.15) is 0 Å². The van der Waals surface area contributed by atoms with Gasteiger partial charge in [-0.3, -0.25) is 0 Å². The number of oxime groups is 1. The van der Waals surface area contributed by atoms with Gasteiger partial charge >= 0.3 is 0 Å². The van der Waals surface area contributed by atoms with E-state index in [0.29, 0.717) is 5.56 Å². The van der Waals surface area contributed by atoms with Gasteiger partial charge in [0.1, 0.15) is 12.4 Å². The molecule has 0 fully saturated rings. The number of nitrogens with zero attached hydrogens (tertiary/aromatic N) is 1. The highest BCUT2D eigenvalue weighted by molar-refractivity contribution is 5.78. The number of rotatable bonds is 3. The second-order valence-corrected chi connectivity index (χ2v) is 2.90. The maximum atomic E-state index is 13.0. The summed E-state index contributed by atoms with van der Waals surface area (Å²) in [5.41, 5.74) is 1.34. The Morgan fingerprint density at radius 3 is 2.69 bits per heavy atom. The molecule has 0 aliphatic carbocycles. The quantitative estimate of drug-likeness (QED) is 0.519. The summed E-state index contributed by atoms with van der Waals surface area (Å²) in [7, 11) is 0. The van der Waals surface area contributed by atoms with Crippen LogP contribution in [0.25, 0.3) is 0 Å². The summed E-state index contributed by atoms with van der Waals surface area (Å²) in [6.45, 7) is 3.82. The van der Waals surface area contributed by atoms with Crippen molar-refractivity contribution in [2.75, 3.05) is 0 Å². The molecule has 0 N–H and O–H groups in total. The van der Waals surface area contributed by atoms with Crippen LogP contribution >= 0.6 is 0 Å². The minimum atomic E-state index is -0.258. The van der Waals surface area contributed by atoms with Gasteiger partial charge < -0.3 is 4.84 Å². The Labute approximate surface area is 77.0 Å². The van der Waals surface area contributed by atoms with Crippen LogP contribution in [-0.4, -0.2) is 5.71 Å². The Bertz CT molecular complexity index is 306. The zero-order valence-electron chi connectivity index (χ0n) is 7.75. The van der Waals surface area contributed by atoms with Crippen LogP contribution in [-0.2, 0) is 11.4 Å². The normalized spacial score (nSPS) is 9.46. The molecule has 0 saturated heterocycles. The van der Waals surface area contributed by atoms with Gasteiger partial charge in [-0.25, -0.2) is 4.39 Å². The van der Waals surface area contributed by atoms with Gasteiger partial charge in [0.25, 0.3) is 0 Å². The lowest BCUT2D eigenvalue weighted by Gasteiger charge is -2.01. The summed E-state index contributed by atoms with van der Waals surface area (Å²) >= 11 is 0. The lowest BCUT2D eigenvalue weighted by Crippen LogP contribution is -1.92. The first-order valence-electron chi connectivity index (χ1n) is 4.06. The van der Waals surface area contributed by atoms with Crippen LogP contribution in [0.5, 0.6) is 0 Å². The molecule has 3 heteroatoms. The minimum Gasteiger partial charge on any atom is -0.391 e. The van der Waals surface area contributed by atoms with Crippen molar-refractivity contribution in [1.82, 2.24) is 0 Å². The molecule has 0 unspecified atom stereocenters. The third-order valence-electron chi connectivity index (χ3n) is 1.43. The molecule has 1 aromatic rings. The first-order valence-corrected chi connectivity index (χ1v) is 4.06. The lowest BCUT2D eigenvalue weighted by atomic mass is 10.2. The van der Waals surface area contributed by atoms with E-state index in [2.05, 4.69) is 5.16 Å². The summed E-state index contributed by atoms with van der Waals surface area (Å²) in [4.78, 5) is 4.91. The van der Waals surface area contributed by atoms with Crippen LogP contribution in [0.4, 0.5) is 4.39 Å². The fourth-order valence-corrected chi connectivity index (χ4v) is 0.846. The SMILES string of the molecule is CC(C)=NOCc1ccccc1F. The van der Waals surface area contributed by atoms with E-state index in [9.17, 15) is 4.39 Å². The summed E-state index contributed by atoms with van der Waals surface area (Å²) in [6, 6.07) is 6.49. The molecule has 0 heterocycles. The van der Waals surface area contributed by atoms with Crippen molar-refractivity contribution in [2.45, 2.75) is 20.5 Å². The Kier molecular flexibility index (Phi) is 3.43. The number of halogens is 1. The van der Waals surface area contributed by atoms with E-state index in [1.165, 1.54) is 6.07 Å². The van der Waals surface area contributed by atoms with Gasteiger partial charge in [-0.15, -0.1) is 0 Å². The van der Waals surface area contributed by atoms with Gasteiger partial charge in [0.15, 0.2) is 0 Å². The van der Waals surface area contributed by atoms with E-state index < -0.39 is 0 Å². The van der Waals surface area contributed by atoms with Crippen molar-refractivity contribution in [3.05, 3.63) is 35.6 Å². The topological polar surface area (TPSA) is 21.6 Å². The molecule has 0 radical (unpaired) electrons.